The highest BCUT2D eigenvalue weighted by molar-refractivity contribution is 5.95. The first kappa shape index (κ1) is 17.6. The summed E-state index contributed by atoms with van der Waals surface area (Å²) in [4.78, 5) is 24.4. The Kier molecular flexibility index (Phi) is 5.26. The maximum Gasteiger partial charge on any atom is 0.351 e. The minimum Gasteiger partial charge on any atom is -0.497 e. The number of benzene rings is 2. The summed E-state index contributed by atoms with van der Waals surface area (Å²) in [6.45, 7) is 1.52. The molecule has 0 saturated carbocycles. The molecule has 3 rings (SSSR count). The van der Waals surface area contributed by atoms with Gasteiger partial charge in [-0.2, -0.15) is 0 Å². The lowest BCUT2D eigenvalue weighted by Gasteiger charge is -2.25. The molecular formula is C19H19NO6. The van der Waals surface area contributed by atoms with E-state index in [1.54, 1.807) is 49.6 Å². The fourth-order valence-corrected chi connectivity index (χ4v) is 2.36. The molecule has 2 atom stereocenters. The van der Waals surface area contributed by atoms with Crippen molar-refractivity contribution in [2.24, 2.45) is 0 Å². The van der Waals surface area contributed by atoms with Crippen LogP contribution in [0.5, 0.6) is 17.2 Å². The van der Waals surface area contributed by atoms with E-state index in [2.05, 4.69) is 5.32 Å². The van der Waals surface area contributed by atoms with Crippen molar-refractivity contribution in [2.45, 2.75) is 19.1 Å². The molecule has 0 aliphatic carbocycles. The van der Waals surface area contributed by atoms with Gasteiger partial charge in [0.1, 0.15) is 12.4 Å². The molecule has 0 bridgehead atoms. The molecule has 0 aromatic heterocycles. The number of carbonyl (C=O) groups excluding carboxylic acids is 2. The van der Waals surface area contributed by atoms with Crippen LogP contribution < -0.4 is 19.5 Å². The Morgan fingerprint density at radius 3 is 2.50 bits per heavy atom. The van der Waals surface area contributed by atoms with Gasteiger partial charge in [-0.3, -0.25) is 4.79 Å². The van der Waals surface area contributed by atoms with Crippen molar-refractivity contribution in [2.75, 3.05) is 19.0 Å². The number of fused-ring (bicyclic) bond motifs is 1. The number of hydrogen-bond acceptors (Lipinski definition) is 6. The molecule has 7 heteroatoms. The normalized spacial score (nSPS) is 16.3. The number of nitrogens with one attached hydrogen (secondary N) is 1. The van der Waals surface area contributed by atoms with Gasteiger partial charge < -0.3 is 24.3 Å². The van der Waals surface area contributed by atoms with E-state index in [1.807, 2.05) is 6.07 Å². The molecule has 0 spiro atoms. The Morgan fingerprint density at radius 1 is 1.12 bits per heavy atom. The monoisotopic (exact) mass is 357 g/mol. The summed E-state index contributed by atoms with van der Waals surface area (Å²) in [5, 5.41) is 2.67. The summed E-state index contributed by atoms with van der Waals surface area (Å²) in [6.07, 6.45) is -1.90. The van der Waals surface area contributed by atoms with Crippen LogP contribution in [0.1, 0.15) is 6.92 Å². The molecule has 0 unspecified atom stereocenters. The Bertz CT molecular complexity index is 789. The predicted molar refractivity (Wildman–Crippen MR) is 93.5 cm³/mol. The Balaban J connectivity index is 1.54. The fourth-order valence-electron chi connectivity index (χ4n) is 2.36. The van der Waals surface area contributed by atoms with Crippen LogP contribution >= 0.6 is 0 Å². The molecule has 1 N–H and O–H groups in total. The van der Waals surface area contributed by atoms with Crippen LogP contribution in [0.4, 0.5) is 5.69 Å². The second kappa shape index (κ2) is 7.77. The molecule has 7 nitrogen and oxygen atoms in total. The van der Waals surface area contributed by atoms with Gasteiger partial charge >= 0.3 is 5.97 Å². The van der Waals surface area contributed by atoms with Gasteiger partial charge in [0.15, 0.2) is 17.6 Å². The zero-order valence-electron chi connectivity index (χ0n) is 14.4. The van der Waals surface area contributed by atoms with E-state index in [0.717, 1.165) is 0 Å². The summed E-state index contributed by atoms with van der Waals surface area (Å²) >= 11 is 0. The first-order chi connectivity index (χ1) is 12.6. The topological polar surface area (TPSA) is 83.1 Å². The van der Waals surface area contributed by atoms with Crippen molar-refractivity contribution in [3.8, 4) is 17.2 Å². The van der Waals surface area contributed by atoms with Crippen LogP contribution in [-0.4, -0.2) is 37.8 Å². The summed E-state index contributed by atoms with van der Waals surface area (Å²) in [6, 6.07) is 13.9. The van der Waals surface area contributed by atoms with E-state index >= 15 is 0 Å². The number of anilines is 1. The lowest BCUT2D eigenvalue weighted by molar-refractivity contribution is -0.162. The molecule has 2 aromatic carbocycles. The smallest absolute Gasteiger partial charge is 0.351 e. The number of hydrogen-bond donors (Lipinski definition) is 1. The average molecular weight is 357 g/mol. The van der Waals surface area contributed by atoms with E-state index in [9.17, 15) is 9.59 Å². The van der Waals surface area contributed by atoms with E-state index in [0.29, 0.717) is 22.9 Å². The zero-order valence-corrected chi connectivity index (χ0v) is 14.4. The fraction of sp³-hybridized carbons (Fsp3) is 0.263. The molecule has 0 fully saturated rings. The van der Waals surface area contributed by atoms with Crippen molar-refractivity contribution >= 4 is 17.6 Å². The summed E-state index contributed by atoms with van der Waals surface area (Å²) in [7, 11) is 1.56. The Hall–Kier alpha value is -3.22. The molecule has 1 aliphatic heterocycles. The van der Waals surface area contributed by atoms with Crippen LogP contribution in [-0.2, 0) is 14.3 Å². The molecule has 0 saturated heterocycles. The Morgan fingerprint density at radius 2 is 1.81 bits per heavy atom. The first-order valence-electron chi connectivity index (χ1n) is 8.10. The number of methoxy groups -OCH3 is 1. The third-order valence-electron chi connectivity index (χ3n) is 3.79. The minimum atomic E-state index is -0.981. The highest BCUT2D eigenvalue weighted by Crippen LogP contribution is 2.31. The van der Waals surface area contributed by atoms with Crippen LogP contribution in [0.3, 0.4) is 0 Å². The van der Waals surface area contributed by atoms with Gasteiger partial charge in [0, 0.05) is 5.69 Å². The molecular weight excluding hydrogens is 338 g/mol. The van der Waals surface area contributed by atoms with Crippen LogP contribution in [0.25, 0.3) is 0 Å². The molecule has 1 heterocycles. The first-order valence-corrected chi connectivity index (χ1v) is 8.10. The number of ether oxygens (including phenoxy) is 4. The third kappa shape index (κ3) is 4.05. The molecule has 136 valence electrons. The summed E-state index contributed by atoms with van der Waals surface area (Å²) < 4.78 is 21.3. The van der Waals surface area contributed by atoms with Crippen molar-refractivity contribution < 1.29 is 28.5 Å². The molecule has 2 aromatic rings. The highest BCUT2D eigenvalue weighted by Gasteiger charge is 2.31. The number of esters is 1. The van der Waals surface area contributed by atoms with Gasteiger partial charge in [0.2, 0.25) is 6.10 Å². The quantitative estimate of drug-likeness (QED) is 0.828. The van der Waals surface area contributed by atoms with Gasteiger partial charge in [-0.1, -0.05) is 12.1 Å². The van der Waals surface area contributed by atoms with E-state index < -0.39 is 24.1 Å². The highest BCUT2D eigenvalue weighted by atomic mass is 16.6. The van der Waals surface area contributed by atoms with Crippen LogP contribution in [0.15, 0.2) is 48.5 Å². The van der Waals surface area contributed by atoms with Gasteiger partial charge in [-0.05, 0) is 43.3 Å². The lowest BCUT2D eigenvalue weighted by atomic mass is 10.2. The van der Waals surface area contributed by atoms with E-state index in [-0.39, 0.29) is 6.61 Å². The van der Waals surface area contributed by atoms with Gasteiger partial charge in [0.05, 0.1) is 7.11 Å². The summed E-state index contributed by atoms with van der Waals surface area (Å²) in [5.74, 6) is 0.618. The van der Waals surface area contributed by atoms with Gasteiger partial charge in [-0.25, -0.2) is 4.79 Å². The molecule has 26 heavy (non-hydrogen) atoms. The predicted octanol–water partition coefficient (Wildman–Crippen LogP) is 2.41. The zero-order chi connectivity index (χ0) is 18.5. The lowest BCUT2D eigenvalue weighted by Crippen LogP contribution is -2.41. The van der Waals surface area contributed by atoms with Crippen molar-refractivity contribution in [1.29, 1.82) is 0 Å². The SMILES string of the molecule is COc1ccc(NC(=O)[C@@H](C)OC(=O)[C@@H]2COc3ccccc3O2)cc1. The van der Waals surface area contributed by atoms with Crippen LogP contribution in [0.2, 0.25) is 0 Å². The Labute approximate surface area is 150 Å². The van der Waals surface area contributed by atoms with Crippen molar-refractivity contribution in [1.82, 2.24) is 0 Å². The average Bonchev–Trinajstić information content (AvgIpc) is 2.68. The maximum absolute atomic E-state index is 12.2. The van der Waals surface area contributed by atoms with Gasteiger partial charge in [0.25, 0.3) is 5.91 Å². The van der Waals surface area contributed by atoms with Crippen LogP contribution in [0, 0.1) is 0 Å². The maximum atomic E-state index is 12.2. The second-order valence-electron chi connectivity index (χ2n) is 5.66. The molecule has 1 aliphatic rings. The number of amides is 1. The van der Waals surface area contributed by atoms with Gasteiger partial charge in [-0.15, -0.1) is 0 Å². The second-order valence-corrected chi connectivity index (χ2v) is 5.66. The summed E-state index contributed by atoms with van der Waals surface area (Å²) in [5.41, 5.74) is 0.574. The largest absolute Gasteiger partial charge is 0.497 e. The van der Waals surface area contributed by atoms with Crippen molar-refractivity contribution in [3.05, 3.63) is 48.5 Å². The van der Waals surface area contributed by atoms with Crippen molar-refractivity contribution in [3.63, 3.8) is 0 Å². The minimum absolute atomic E-state index is 0.0304. The van der Waals surface area contributed by atoms with E-state index in [4.69, 9.17) is 18.9 Å². The van der Waals surface area contributed by atoms with E-state index in [1.165, 1.54) is 6.92 Å². The number of carbonyl (C=O) groups is 2. The third-order valence-corrected chi connectivity index (χ3v) is 3.79. The molecule has 1 amide bonds. The number of rotatable bonds is 5. The standard InChI is InChI=1S/C19H19NO6/c1-12(18(21)20-13-7-9-14(23-2)10-8-13)25-19(22)17-11-24-15-5-3-4-6-16(15)26-17/h3-10,12,17H,11H2,1-2H3,(H,20,21)/t12-,17+/m1/s1. The molecule has 0 radical (unpaired) electrons. The number of para-hydroxylation sites is 2.